The molecule has 1 heterocycles. The molecule has 1 saturated heterocycles. The Hall–Kier alpha value is -0.830. The number of thioether (sulfide) groups is 1. The van der Waals surface area contributed by atoms with Crippen LogP contribution in [0.4, 0.5) is 4.39 Å². The lowest BCUT2D eigenvalue weighted by molar-refractivity contribution is -0.119. The summed E-state index contributed by atoms with van der Waals surface area (Å²) in [4.78, 5) is 11.9. The molecule has 0 bridgehead atoms. The molecule has 1 aromatic carbocycles. The zero-order chi connectivity index (χ0) is 12.1. The minimum Gasteiger partial charge on any atom is -0.299 e. The lowest BCUT2D eigenvalue weighted by Gasteiger charge is -2.20. The van der Waals surface area contributed by atoms with Crippen molar-refractivity contribution in [2.45, 2.75) is 25.7 Å². The topological polar surface area (TPSA) is 17.1 Å². The van der Waals surface area contributed by atoms with Gasteiger partial charge in [-0.25, -0.2) is 4.39 Å². The second-order valence-corrected chi connectivity index (χ2v) is 5.83. The molecular weight excluding hydrogens is 235 g/mol. The summed E-state index contributed by atoms with van der Waals surface area (Å²) < 4.78 is 12.7. The first-order chi connectivity index (χ1) is 8.24. The van der Waals surface area contributed by atoms with Crippen molar-refractivity contribution in [3.63, 3.8) is 0 Å². The number of halogens is 1. The second kappa shape index (κ2) is 6.20. The molecule has 0 saturated carbocycles. The van der Waals surface area contributed by atoms with Crippen LogP contribution in [0.15, 0.2) is 24.3 Å². The Labute approximate surface area is 106 Å². The van der Waals surface area contributed by atoms with Gasteiger partial charge in [-0.05, 0) is 48.0 Å². The summed E-state index contributed by atoms with van der Waals surface area (Å²) in [5.74, 6) is 2.99. The van der Waals surface area contributed by atoms with Crippen molar-refractivity contribution in [3.05, 3.63) is 35.6 Å². The van der Waals surface area contributed by atoms with Gasteiger partial charge in [0.15, 0.2) is 0 Å². The van der Waals surface area contributed by atoms with Crippen molar-refractivity contribution < 1.29 is 9.18 Å². The maximum Gasteiger partial charge on any atom is 0.137 e. The highest BCUT2D eigenvalue weighted by molar-refractivity contribution is 7.99. The smallest absolute Gasteiger partial charge is 0.137 e. The van der Waals surface area contributed by atoms with E-state index in [9.17, 15) is 9.18 Å². The molecule has 0 unspecified atom stereocenters. The standard InChI is InChI=1S/C14H17FOS/c15-13-3-1-11(2-4-13)9-14(16)10-12-5-7-17-8-6-12/h1-4,12H,5-10H2. The van der Waals surface area contributed by atoms with Gasteiger partial charge in [-0.3, -0.25) is 4.79 Å². The SMILES string of the molecule is O=C(Cc1ccc(F)cc1)CC1CCSCC1. The first kappa shape index (κ1) is 12.6. The average Bonchev–Trinajstić information content (AvgIpc) is 2.33. The van der Waals surface area contributed by atoms with Crippen LogP contribution in [-0.4, -0.2) is 17.3 Å². The highest BCUT2D eigenvalue weighted by Gasteiger charge is 2.17. The van der Waals surface area contributed by atoms with Crippen molar-refractivity contribution >= 4 is 17.5 Å². The summed E-state index contributed by atoms with van der Waals surface area (Å²) in [6, 6.07) is 6.23. The van der Waals surface area contributed by atoms with Gasteiger partial charge in [0, 0.05) is 12.8 Å². The molecule has 1 aliphatic rings. The lowest BCUT2D eigenvalue weighted by atomic mass is 9.94. The predicted octanol–water partition coefficient (Wildman–Crippen LogP) is 3.47. The molecule has 3 heteroatoms. The molecule has 1 fully saturated rings. The number of carbonyl (C=O) groups is 1. The quantitative estimate of drug-likeness (QED) is 0.816. The van der Waals surface area contributed by atoms with Crippen molar-refractivity contribution in [3.8, 4) is 0 Å². The van der Waals surface area contributed by atoms with E-state index in [0.29, 0.717) is 18.8 Å². The zero-order valence-corrected chi connectivity index (χ0v) is 10.6. The Kier molecular flexibility index (Phi) is 4.60. The Morgan fingerprint density at radius 2 is 1.88 bits per heavy atom. The number of Topliss-reactive ketones (excluding diaryl/α,β-unsaturated/α-hetero) is 1. The monoisotopic (exact) mass is 252 g/mol. The fourth-order valence-corrected chi connectivity index (χ4v) is 3.38. The number of hydrogen-bond donors (Lipinski definition) is 0. The minimum atomic E-state index is -0.245. The Morgan fingerprint density at radius 1 is 1.24 bits per heavy atom. The van der Waals surface area contributed by atoms with Gasteiger partial charge in [-0.1, -0.05) is 12.1 Å². The molecule has 0 amide bonds. The fraction of sp³-hybridized carbons (Fsp3) is 0.500. The maximum atomic E-state index is 12.7. The number of ketones is 1. The van der Waals surface area contributed by atoms with Crippen LogP contribution in [0, 0.1) is 11.7 Å². The third-order valence-electron chi connectivity index (χ3n) is 3.17. The van der Waals surface area contributed by atoms with Crippen LogP contribution < -0.4 is 0 Å². The third-order valence-corrected chi connectivity index (χ3v) is 4.22. The number of hydrogen-bond acceptors (Lipinski definition) is 2. The molecule has 0 radical (unpaired) electrons. The summed E-state index contributed by atoms with van der Waals surface area (Å²) in [5.41, 5.74) is 0.918. The van der Waals surface area contributed by atoms with Crippen LogP contribution in [-0.2, 0) is 11.2 Å². The van der Waals surface area contributed by atoms with Crippen LogP contribution in [0.2, 0.25) is 0 Å². The highest BCUT2D eigenvalue weighted by atomic mass is 32.2. The molecular formula is C14H17FOS. The van der Waals surface area contributed by atoms with E-state index < -0.39 is 0 Å². The molecule has 0 atom stereocenters. The summed E-state index contributed by atoms with van der Waals surface area (Å²) in [7, 11) is 0. The summed E-state index contributed by atoms with van der Waals surface area (Å²) >= 11 is 1.98. The molecule has 0 aromatic heterocycles. The normalized spacial score (nSPS) is 17.0. The first-order valence-corrected chi connectivity index (χ1v) is 7.23. The van der Waals surface area contributed by atoms with E-state index in [1.165, 1.54) is 36.5 Å². The maximum absolute atomic E-state index is 12.7. The number of rotatable bonds is 4. The van der Waals surface area contributed by atoms with E-state index in [-0.39, 0.29) is 11.6 Å². The van der Waals surface area contributed by atoms with Gasteiger partial charge in [0.2, 0.25) is 0 Å². The van der Waals surface area contributed by atoms with Crippen LogP contribution in [0.25, 0.3) is 0 Å². The van der Waals surface area contributed by atoms with Gasteiger partial charge in [-0.15, -0.1) is 0 Å². The third kappa shape index (κ3) is 4.15. The average molecular weight is 252 g/mol. The van der Waals surface area contributed by atoms with Gasteiger partial charge in [-0.2, -0.15) is 11.8 Å². The first-order valence-electron chi connectivity index (χ1n) is 6.08. The van der Waals surface area contributed by atoms with Crippen molar-refractivity contribution in [2.24, 2.45) is 5.92 Å². The minimum absolute atomic E-state index is 0.245. The van der Waals surface area contributed by atoms with Gasteiger partial charge in [0.1, 0.15) is 11.6 Å². The molecule has 1 nitrogen and oxygen atoms in total. The van der Waals surface area contributed by atoms with Crippen molar-refractivity contribution in [1.82, 2.24) is 0 Å². The number of carbonyl (C=O) groups excluding carboxylic acids is 1. The van der Waals surface area contributed by atoms with E-state index >= 15 is 0 Å². The van der Waals surface area contributed by atoms with Crippen molar-refractivity contribution in [1.29, 1.82) is 0 Å². The molecule has 0 aliphatic carbocycles. The Morgan fingerprint density at radius 3 is 2.53 bits per heavy atom. The Balaban J connectivity index is 1.82. The zero-order valence-electron chi connectivity index (χ0n) is 9.82. The Bertz CT molecular complexity index is 368. The van der Waals surface area contributed by atoms with E-state index in [1.54, 1.807) is 12.1 Å². The lowest BCUT2D eigenvalue weighted by Crippen LogP contribution is -2.15. The van der Waals surface area contributed by atoms with Gasteiger partial charge < -0.3 is 0 Å². The van der Waals surface area contributed by atoms with E-state index in [1.807, 2.05) is 11.8 Å². The summed E-state index contributed by atoms with van der Waals surface area (Å²) in [5, 5.41) is 0. The molecule has 17 heavy (non-hydrogen) atoms. The van der Waals surface area contributed by atoms with Crippen LogP contribution in [0.3, 0.4) is 0 Å². The number of benzene rings is 1. The molecule has 1 aromatic rings. The summed E-state index contributed by atoms with van der Waals surface area (Å²) in [6.45, 7) is 0. The molecule has 0 spiro atoms. The van der Waals surface area contributed by atoms with Gasteiger partial charge in [0.25, 0.3) is 0 Å². The van der Waals surface area contributed by atoms with Crippen LogP contribution in [0.1, 0.15) is 24.8 Å². The van der Waals surface area contributed by atoms with Gasteiger partial charge in [0.05, 0.1) is 0 Å². The fourth-order valence-electron chi connectivity index (χ4n) is 2.17. The van der Waals surface area contributed by atoms with Crippen LogP contribution >= 0.6 is 11.8 Å². The highest BCUT2D eigenvalue weighted by Crippen LogP contribution is 2.25. The van der Waals surface area contributed by atoms with E-state index in [2.05, 4.69) is 0 Å². The molecule has 0 N–H and O–H groups in total. The van der Waals surface area contributed by atoms with Gasteiger partial charge >= 0.3 is 0 Å². The molecule has 2 rings (SSSR count). The second-order valence-electron chi connectivity index (χ2n) is 4.60. The molecule has 1 aliphatic heterocycles. The molecule has 92 valence electrons. The van der Waals surface area contributed by atoms with Crippen molar-refractivity contribution in [2.75, 3.05) is 11.5 Å². The van der Waals surface area contributed by atoms with Crippen LogP contribution in [0.5, 0.6) is 0 Å². The largest absolute Gasteiger partial charge is 0.299 e. The van der Waals surface area contributed by atoms with E-state index in [0.717, 1.165) is 5.56 Å². The summed E-state index contributed by atoms with van der Waals surface area (Å²) in [6.07, 6.45) is 3.47. The van der Waals surface area contributed by atoms with E-state index in [4.69, 9.17) is 0 Å². The predicted molar refractivity (Wildman–Crippen MR) is 69.8 cm³/mol.